The van der Waals surface area contributed by atoms with Crippen molar-refractivity contribution in [3.05, 3.63) is 94.3 Å². The van der Waals surface area contributed by atoms with E-state index in [0.29, 0.717) is 13.1 Å². The maximum absolute atomic E-state index is 13.3. The second-order valence-corrected chi connectivity index (χ2v) is 8.86. The van der Waals surface area contributed by atoms with Crippen LogP contribution in [0.5, 0.6) is 0 Å². The molecular formula is C28H35ClN2O. The summed E-state index contributed by atoms with van der Waals surface area (Å²) >= 11 is 6.36. The predicted molar refractivity (Wildman–Crippen MR) is 134 cm³/mol. The molecule has 4 heteroatoms. The van der Waals surface area contributed by atoms with Crippen LogP contribution in [0.15, 0.2) is 66.9 Å². The molecule has 0 bridgehead atoms. The maximum atomic E-state index is 13.3. The fourth-order valence-electron chi connectivity index (χ4n) is 4.03. The van der Waals surface area contributed by atoms with Crippen molar-refractivity contribution in [3.63, 3.8) is 0 Å². The number of hydrogen-bond donors (Lipinski definition) is 0. The van der Waals surface area contributed by atoms with Crippen LogP contribution in [0.3, 0.4) is 0 Å². The molecule has 3 rings (SSSR count). The lowest BCUT2D eigenvalue weighted by Crippen LogP contribution is -2.32. The number of aryl methyl sites for hydroxylation is 1. The fraction of sp³-hybridized carbons (Fsp3) is 0.393. The minimum Gasteiger partial charge on any atom is -0.345 e. The molecule has 0 aliphatic heterocycles. The molecule has 3 nitrogen and oxygen atoms in total. The Morgan fingerprint density at radius 3 is 2.41 bits per heavy atom. The van der Waals surface area contributed by atoms with Gasteiger partial charge in [-0.05, 0) is 60.7 Å². The molecule has 0 fully saturated rings. The van der Waals surface area contributed by atoms with E-state index in [1.54, 1.807) is 0 Å². The topological polar surface area (TPSA) is 25.2 Å². The van der Waals surface area contributed by atoms with Crippen molar-refractivity contribution >= 4 is 17.5 Å². The Kier molecular flexibility index (Phi) is 9.43. The SMILES string of the molecule is CCCCCCc1ccc(C(=O)N(CCC)Cc2cccn2Cc2ccccc2Cl)cc1. The third-order valence-corrected chi connectivity index (χ3v) is 6.24. The van der Waals surface area contributed by atoms with Crippen molar-refractivity contribution in [3.8, 4) is 0 Å². The van der Waals surface area contributed by atoms with Crippen LogP contribution >= 0.6 is 11.6 Å². The van der Waals surface area contributed by atoms with Gasteiger partial charge in [0.25, 0.3) is 5.91 Å². The van der Waals surface area contributed by atoms with Crippen LogP contribution in [0.1, 0.15) is 73.1 Å². The van der Waals surface area contributed by atoms with Crippen molar-refractivity contribution in [2.24, 2.45) is 0 Å². The molecule has 0 spiro atoms. The molecule has 0 aliphatic rings. The Hall–Kier alpha value is -2.52. The van der Waals surface area contributed by atoms with Gasteiger partial charge < -0.3 is 9.47 Å². The number of unbranched alkanes of at least 4 members (excludes halogenated alkanes) is 3. The Bertz CT molecular complexity index is 977. The zero-order valence-corrected chi connectivity index (χ0v) is 20.2. The van der Waals surface area contributed by atoms with Gasteiger partial charge in [0.2, 0.25) is 0 Å². The van der Waals surface area contributed by atoms with Crippen LogP contribution in [-0.4, -0.2) is 21.9 Å². The van der Waals surface area contributed by atoms with Crippen LogP contribution in [0.2, 0.25) is 5.02 Å². The van der Waals surface area contributed by atoms with Gasteiger partial charge in [0, 0.05) is 35.6 Å². The summed E-state index contributed by atoms with van der Waals surface area (Å²) in [6.45, 7) is 6.36. The monoisotopic (exact) mass is 450 g/mol. The smallest absolute Gasteiger partial charge is 0.254 e. The highest BCUT2D eigenvalue weighted by atomic mass is 35.5. The molecule has 0 atom stereocenters. The number of nitrogens with zero attached hydrogens (tertiary/aromatic N) is 2. The summed E-state index contributed by atoms with van der Waals surface area (Å²) in [5, 5.41) is 0.767. The highest BCUT2D eigenvalue weighted by Crippen LogP contribution is 2.19. The first-order valence-corrected chi connectivity index (χ1v) is 12.3. The van der Waals surface area contributed by atoms with Gasteiger partial charge >= 0.3 is 0 Å². The minimum atomic E-state index is 0.0925. The van der Waals surface area contributed by atoms with Crippen LogP contribution in [0.4, 0.5) is 0 Å². The van der Waals surface area contributed by atoms with Crippen LogP contribution in [0, 0.1) is 0 Å². The lowest BCUT2D eigenvalue weighted by Gasteiger charge is -2.23. The van der Waals surface area contributed by atoms with Gasteiger partial charge in [0.1, 0.15) is 0 Å². The Labute approximate surface area is 198 Å². The highest BCUT2D eigenvalue weighted by molar-refractivity contribution is 6.31. The number of benzene rings is 2. The van der Waals surface area contributed by atoms with Crippen molar-refractivity contribution in [1.29, 1.82) is 0 Å². The number of carbonyl (C=O) groups is 1. The standard InChI is InChI=1S/C28H35ClN2O/c1-3-5-6-7-11-23-15-17-24(18-16-23)28(32)31(19-4-2)22-26-13-10-20-30(26)21-25-12-8-9-14-27(25)29/h8-10,12-18,20H,3-7,11,19,21-22H2,1-2H3. The summed E-state index contributed by atoms with van der Waals surface area (Å²) in [7, 11) is 0. The summed E-state index contributed by atoms with van der Waals surface area (Å²) in [5.74, 6) is 0.0925. The molecule has 1 aromatic heterocycles. The summed E-state index contributed by atoms with van der Waals surface area (Å²) in [6.07, 6.45) is 9.10. The summed E-state index contributed by atoms with van der Waals surface area (Å²) in [4.78, 5) is 15.2. The van der Waals surface area contributed by atoms with Gasteiger partial charge in [-0.25, -0.2) is 0 Å². The van der Waals surface area contributed by atoms with Crippen molar-refractivity contribution < 1.29 is 4.79 Å². The molecule has 32 heavy (non-hydrogen) atoms. The fourth-order valence-corrected chi connectivity index (χ4v) is 4.22. The van der Waals surface area contributed by atoms with E-state index >= 15 is 0 Å². The van der Waals surface area contributed by atoms with Gasteiger partial charge in [-0.3, -0.25) is 4.79 Å². The molecule has 1 heterocycles. The molecule has 2 aromatic carbocycles. The molecule has 0 unspecified atom stereocenters. The lowest BCUT2D eigenvalue weighted by molar-refractivity contribution is 0.0739. The summed E-state index contributed by atoms with van der Waals surface area (Å²) < 4.78 is 2.18. The first-order valence-electron chi connectivity index (χ1n) is 11.9. The third-order valence-electron chi connectivity index (χ3n) is 5.88. The zero-order valence-electron chi connectivity index (χ0n) is 19.4. The van der Waals surface area contributed by atoms with E-state index in [1.807, 2.05) is 47.4 Å². The number of amides is 1. The Morgan fingerprint density at radius 2 is 1.69 bits per heavy atom. The first kappa shape index (κ1) is 24.1. The van der Waals surface area contributed by atoms with E-state index in [1.165, 1.54) is 31.2 Å². The molecule has 3 aromatic rings. The molecular weight excluding hydrogens is 416 g/mol. The zero-order chi connectivity index (χ0) is 22.8. The average molecular weight is 451 g/mol. The molecule has 0 aliphatic carbocycles. The first-order chi connectivity index (χ1) is 15.6. The van der Waals surface area contributed by atoms with Crippen LogP contribution in [-0.2, 0) is 19.5 Å². The summed E-state index contributed by atoms with van der Waals surface area (Å²) in [6, 6.07) is 20.2. The second kappa shape index (κ2) is 12.5. The normalized spacial score (nSPS) is 11.0. The molecule has 0 N–H and O–H groups in total. The maximum Gasteiger partial charge on any atom is 0.254 e. The molecule has 1 amide bonds. The van der Waals surface area contributed by atoms with Crippen LogP contribution in [0.25, 0.3) is 0 Å². The van der Waals surface area contributed by atoms with E-state index in [-0.39, 0.29) is 5.91 Å². The molecule has 0 saturated carbocycles. The van der Waals surface area contributed by atoms with E-state index < -0.39 is 0 Å². The largest absolute Gasteiger partial charge is 0.345 e. The Morgan fingerprint density at radius 1 is 0.906 bits per heavy atom. The lowest BCUT2D eigenvalue weighted by atomic mass is 10.0. The number of carbonyl (C=O) groups excluding carboxylic acids is 1. The quantitative estimate of drug-likeness (QED) is 0.264. The van der Waals surface area contributed by atoms with Crippen molar-refractivity contribution in [1.82, 2.24) is 9.47 Å². The highest BCUT2D eigenvalue weighted by Gasteiger charge is 2.17. The van der Waals surface area contributed by atoms with Gasteiger partial charge in [-0.2, -0.15) is 0 Å². The van der Waals surface area contributed by atoms with Gasteiger partial charge in [0.15, 0.2) is 0 Å². The number of rotatable bonds is 12. The predicted octanol–water partition coefficient (Wildman–Crippen LogP) is 7.37. The summed E-state index contributed by atoms with van der Waals surface area (Å²) in [5.41, 5.74) is 4.27. The van der Waals surface area contributed by atoms with Gasteiger partial charge in [-0.1, -0.05) is 75.0 Å². The molecule has 170 valence electrons. The number of halogens is 1. The third kappa shape index (κ3) is 6.74. The van der Waals surface area contributed by atoms with E-state index in [0.717, 1.165) is 41.2 Å². The number of hydrogen-bond acceptors (Lipinski definition) is 1. The molecule has 0 radical (unpaired) electrons. The van der Waals surface area contributed by atoms with Gasteiger partial charge in [-0.15, -0.1) is 0 Å². The van der Waals surface area contributed by atoms with E-state index in [2.05, 4.69) is 42.8 Å². The van der Waals surface area contributed by atoms with E-state index in [9.17, 15) is 4.79 Å². The Balaban J connectivity index is 1.67. The van der Waals surface area contributed by atoms with Crippen molar-refractivity contribution in [2.45, 2.75) is 65.5 Å². The second-order valence-electron chi connectivity index (χ2n) is 8.45. The van der Waals surface area contributed by atoms with Gasteiger partial charge in [0.05, 0.1) is 6.54 Å². The van der Waals surface area contributed by atoms with Crippen molar-refractivity contribution in [2.75, 3.05) is 6.54 Å². The minimum absolute atomic E-state index is 0.0925. The van der Waals surface area contributed by atoms with Crippen LogP contribution < -0.4 is 0 Å². The average Bonchev–Trinajstić information content (AvgIpc) is 3.24. The van der Waals surface area contributed by atoms with E-state index in [4.69, 9.17) is 11.6 Å². The number of aromatic nitrogens is 1. The molecule has 0 saturated heterocycles.